The van der Waals surface area contributed by atoms with Gasteiger partial charge in [0.2, 0.25) is 0 Å². The molecule has 100 valence electrons. The second kappa shape index (κ2) is 5.78. The van der Waals surface area contributed by atoms with E-state index in [4.69, 9.17) is 16.3 Å². The lowest BCUT2D eigenvalue weighted by Gasteiger charge is -2.08. The first-order valence-corrected chi connectivity index (χ1v) is 8.66. The summed E-state index contributed by atoms with van der Waals surface area (Å²) in [6.07, 6.45) is 1.19. The number of hydrogen-bond donors (Lipinski definition) is 0. The minimum atomic E-state index is -0.0495. The molecule has 19 heavy (non-hydrogen) atoms. The Morgan fingerprint density at radius 2 is 2.05 bits per heavy atom. The first kappa shape index (κ1) is 13.3. The molecular weight excluding hydrogens is 296 g/mol. The molecule has 1 unspecified atom stereocenters. The average molecular weight is 311 g/mol. The predicted molar refractivity (Wildman–Crippen MR) is 84.9 cm³/mol. The van der Waals surface area contributed by atoms with Crippen LogP contribution in [0.4, 0.5) is 0 Å². The van der Waals surface area contributed by atoms with Crippen molar-refractivity contribution in [3.8, 4) is 5.75 Å². The van der Waals surface area contributed by atoms with E-state index in [1.807, 2.05) is 47.4 Å². The van der Waals surface area contributed by atoms with Crippen molar-refractivity contribution in [3.63, 3.8) is 0 Å². The molecule has 0 amide bonds. The van der Waals surface area contributed by atoms with Gasteiger partial charge in [0.25, 0.3) is 0 Å². The van der Waals surface area contributed by atoms with Gasteiger partial charge in [-0.2, -0.15) is 11.8 Å². The first-order chi connectivity index (χ1) is 9.28. The SMILES string of the molecule is COc1ccc(C(Cl)c2cc3c(s2)CCSC3)cc1. The molecule has 4 heteroatoms. The fourth-order valence-corrected chi connectivity index (χ4v) is 4.96. The van der Waals surface area contributed by atoms with E-state index in [1.54, 1.807) is 7.11 Å². The minimum Gasteiger partial charge on any atom is -0.497 e. The van der Waals surface area contributed by atoms with Crippen molar-refractivity contribution in [2.75, 3.05) is 12.9 Å². The number of thioether (sulfide) groups is 1. The highest BCUT2D eigenvalue weighted by atomic mass is 35.5. The Labute approximate surface area is 126 Å². The first-order valence-electron chi connectivity index (χ1n) is 6.25. The average Bonchev–Trinajstić information content (AvgIpc) is 2.90. The molecule has 0 aliphatic carbocycles. The van der Waals surface area contributed by atoms with E-state index in [1.165, 1.54) is 27.5 Å². The minimum absolute atomic E-state index is 0.0495. The van der Waals surface area contributed by atoms with Crippen LogP contribution >= 0.6 is 34.7 Å². The molecule has 0 saturated heterocycles. The molecule has 3 rings (SSSR count). The highest BCUT2D eigenvalue weighted by Crippen LogP contribution is 2.39. The number of rotatable bonds is 3. The van der Waals surface area contributed by atoms with Gasteiger partial charge in [-0.25, -0.2) is 0 Å². The second-order valence-electron chi connectivity index (χ2n) is 4.54. The molecule has 2 heterocycles. The Bertz CT molecular complexity index is 539. The maximum Gasteiger partial charge on any atom is 0.118 e. The third-order valence-corrected chi connectivity index (χ3v) is 6.23. The highest BCUT2D eigenvalue weighted by Gasteiger charge is 2.19. The monoisotopic (exact) mass is 310 g/mol. The van der Waals surface area contributed by atoms with E-state index >= 15 is 0 Å². The van der Waals surface area contributed by atoms with Gasteiger partial charge in [-0.1, -0.05) is 12.1 Å². The van der Waals surface area contributed by atoms with E-state index in [0.29, 0.717) is 0 Å². The maximum atomic E-state index is 6.61. The lowest BCUT2D eigenvalue weighted by atomic mass is 10.1. The lowest BCUT2D eigenvalue weighted by Crippen LogP contribution is -1.96. The summed E-state index contributed by atoms with van der Waals surface area (Å²) in [5.74, 6) is 3.25. The topological polar surface area (TPSA) is 9.23 Å². The van der Waals surface area contributed by atoms with Gasteiger partial charge in [0.05, 0.1) is 12.5 Å². The van der Waals surface area contributed by atoms with Gasteiger partial charge in [0.1, 0.15) is 5.75 Å². The van der Waals surface area contributed by atoms with E-state index < -0.39 is 0 Å². The van der Waals surface area contributed by atoms with Crippen molar-refractivity contribution >= 4 is 34.7 Å². The Morgan fingerprint density at radius 3 is 2.74 bits per heavy atom. The Hall–Kier alpha value is -0.640. The normalized spacial score (nSPS) is 15.9. The summed E-state index contributed by atoms with van der Waals surface area (Å²) in [5.41, 5.74) is 2.61. The van der Waals surface area contributed by atoms with Crippen molar-refractivity contribution in [3.05, 3.63) is 51.2 Å². The van der Waals surface area contributed by atoms with Crippen LogP contribution in [0.2, 0.25) is 0 Å². The van der Waals surface area contributed by atoms with E-state index in [-0.39, 0.29) is 5.38 Å². The molecular formula is C15H15ClOS2. The van der Waals surface area contributed by atoms with Crippen LogP contribution in [0, 0.1) is 0 Å². The molecule has 1 aromatic heterocycles. The van der Waals surface area contributed by atoms with Crippen LogP contribution in [0.25, 0.3) is 0 Å². The van der Waals surface area contributed by atoms with Crippen molar-refractivity contribution in [1.82, 2.24) is 0 Å². The summed E-state index contributed by atoms with van der Waals surface area (Å²) >= 11 is 10.5. The van der Waals surface area contributed by atoms with E-state index in [2.05, 4.69) is 6.07 Å². The van der Waals surface area contributed by atoms with Gasteiger partial charge < -0.3 is 4.74 Å². The van der Waals surface area contributed by atoms with Gasteiger partial charge >= 0.3 is 0 Å². The molecule has 1 atom stereocenters. The van der Waals surface area contributed by atoms with E-state index in [0.717, 1.165) is 17.1 Å². The molecule has 0 fully saturated rings. The second-order valence-corrected chi connectivity index (χ2v) is 7.25. The van der Waals surface area contributed by atoms with Crippen LogP contribution in [0.5, 0.6) is 5.75 Å². The number of halogens is 1. The Balaban J connectivity index is 1.85. The van der Waals surface area contributed by atoms with Gasteiger partial charge in [-0.3, -0.25) is 0 Å². The number of aryl methyl sites for hydroxylation is 1. The van der Waals surface area contributed by atoms with Crippen molar-refractivity contribution < 1.29 is 4.74 Å². The molecule has 2 aromatic rings. The fourth-order valence-electron chi connectivity index (χ4n) is 2.23. The van der Waals surface area contributed by atoms with Crippen molar-refractivity contribution in [1.29, 1.82) is 0 Å². The van der Waals surface area contributed by atoms with E-state index in [9.17, 15) is 0 Å². The molecule has 1 aliphatic rings. The molecule has 0 bridgehead atoms. The zero-order valence-electron chi connectivity index (χ0n) is 10.7. The number of methoxy groups -OCH3 is 1. The summed E-state index contributed by atoms with van der Waals surface area (Å²) in [6.45, 7) is 0. The van der Waals surface area contributed by atoms with Crippen LogP contribution in [-0.4, -0.2) is 12.9 Å². The summed E-state index contributed by atoms with van der Waals surface area (Å²) in [7, 11) is 1.68. The Morgan fingerprint density at radius 1 is 1.26 bits per heavy atom. The van der Waals surface area contributed by atoms with Crippen LogP contribution in [-0.2, 0) is 12.2 Å². The third kappa shape index (κ3) is 2.78. The van der Waals surface area contributed by atoms with Gasteiger partial charge in [-0.05, 0) is 41.5 Å². The zero-order valence-corrected chi connectivity index (χ0v) is 13.1. The molecule has 1 aromatic carbocycles. The van der Waals surface area contributed by atoms with Crippen LogP contribution in [0.3, 0.4) is 0 Å². The van der Waals surface area contributed by atoms with Crippen LogP contribution in [0.1, 0.15) is 26.3 Å². The standard InChI is InChI=1S/C15H15ClOS2/c1-17-12-4-2-10(3-5-12)15(16)14-8-11-9-18-7-6-13(11)19-14/h2-5,8,15H,6-7,9H2,1H3. The largest absolute Gasteiger partial charge is 0.497 e. The van der Waals surface area contributed by atoms with Crippen LogP contribution < -0.4 is 4.74 Å². The smallest absolute Gasteiger partial charge is 0.118 e. The maximum absolute atomic E-state index is 6.61. The van der Waals surface area contributed by atoms with Crippen molar-refractivity contribution in [2.45, 2.75) is 17.6 Å². The molecule has 0 saturated carbocycles. The van der Waals surface area contributed by atoms with Crippen molar-refractivity contribution in [2.24, 2.45) is 0 Å². The number of alkyl halides is 1. The summed E-state index contributed by atoms with van der Waals surface area (Å²) in [5, 5.41) is -0.0495. The Kier molecular flexibility index (Phi) is 4.06. The number of fused-ring (bicyclic) bond motifs is 1. The molecule has 1 aliphatic heterocycles. The lowest BCUT2D eigenvalue weighted by molar-refractivity contribution is 0.414. The number of hydrogen-bond acceptors (Lipinski definition) is 3. The van der Waals surface area contributed by atoms with Crippen LogP contribution in [0.15, 0.2) is 30.3 Å². The highest BCUT2D eigenvalue weighted by molar-refractivity contribution is 7.98. The quantitative estimate of drug-likeness (QED) is 0.748. The third-order valence-electron chi connectivity index (χ3n) is 3.30. The molecule has 1 nitrogen and oxygen atoms in total. The summed E-state index contributed by atoms with van der Waals surface area (Å²) in [6, 6.07) is 10.3. The molecule has 0 spiro atoms. The fraction of sp³-hybridized carbons (Fsp3) is 0.333. The van der Waals surface area contributed by atoms with Gasteiger partial charge in [-0.15, -0.1) is 22.9 Å². The summed E-state index contributed by atoms with van der Waals surface area (Å²) in [4.78, 5) is 2.78. The number of ether oxygens (including phenoxy) is 1. The van der Waals surface area contributed by atoms with Gasteiger partial charge in [0.15, 0.2) is 0 Å². The predicted octanol–water partition coefficient (Wildman–Crippen LogP) is 4.87. The molecule has 0 N–H and O–H groups in total. The summed E-state index contributed by atoms with van der Waals surface area (Å²) < 4.78 is 5.18. The van der Waals surface area contributed by atoms with Gasteiger partial charge in [0, 0.05) is 15.5 Å². The zero-order chi connectivity index (χ0) is 13.2. The number of benzene rings is 1. The number of thiophene rings is 1. The molecule has 0 radical (unpaired) electrons.